The van der Waals surface area contributed by atoms with Gasteiger partial charge in [-0.05, 0) is 18.8 Å². The molecular formula is C11H20FNO2. The minimum absolute atomic E-state index is 0.0718. The quantitative estimate of drug-likeness (QED) is 0.579. The summed E-state index contributed by atoms with van der Waals surface area (Å²) in [6.45, 7) is -0.829. The molecule has 15 heavy (non-hydrogen) atoms. The molecule has 0 radical (unpaired) electrons. The molecule has 0 spiro atoms. The van der Waals surface area contributed by atoms with Gasteiger partial charge in [0.05, 0.1) is 7.11 Å². The fraction of sp³-hybridized carbons (Fsp3) is 0.909. The highest BCUT2D eigenvalue weighted by Gasteiger charge is 2.43. The summed E-state index contributed by atoms with van der Waals surface area (Å²) >= 11 is 0. The van der Waals surface area contributed by atoms with Crippen LogP contribution < -0.4 is 5.73 Å². The van der Waals surface area contributed by atoms with E-state index in [0.717, 1.165) is 38.5 Å². The lowest BCUT2D eigenvalue weighted by Crippen LogP contribution is -2.56. The second kappa shape index (κ2) is 5.45. The van der Waals surface area contributed by atoms with Crippen molar-refractivity contribution in [3.05, 3.63) is 0 Å². The van der Waals surface area contributed by atoms with Crippen molar-refractivity contribution in [2.45, 2.75) is 44.1 Å². The molecule has 1 atom stereocenters. The molecule has 0 saturated heterocycles. The van der Waals surface area contributed by atoms with E-state index in [2.05, 4.69) is 4.74 Å². The zero-order valence-electron chi connectivity index (χ0n) is 9.30. The van der Waals surface area contributed by atoms with Crippen LogP contribution in [0.2, 0.25) is 0 Å². The number of methoxy groups -OCH3 is 1. The van der Waals surface area contributed by atoms with Crippen molar-refractivity contribution in [1.82, 2.24) is 0 Å². The number of esters is 1. The van der Waals surface area contributed by atoms with Gasteiger partial charge in [-0.15, -0.1) is 0 Å². The summed E-state index contributed by atoms with van der Waals surface area (Å²) in [6, 6.07) is 0. The number of carbonyl (C=O) groups is 1. The molecule has 88 valence electrons. The third-order valence-electron chi connectivity index (χ3n) is 3.37. The lowest BCUT2D eigenvalue weighted by Gasteiger charge is -2.31. The average Bonchev–Trinajstić information content (AvgIpc) is 2.55. The van der Waals surface area contributed by atoms with E-state index >= 15 is 0 Å². The third kappa shape index (κ3) is 2.68. The Morgan fingerprint density at radius 2 is 1.93 bits per heavy atom. The number of rotatable bonds is 3. The fourth-order valence-corrected chi connectivity index (χ4v) is 2.31. The zero-order valence-corrected chi connectivity index (χ0v) is 9.30. The van der Waals surface area contributed by atoms with Gasteiger partial charge in [0, 0.05) is 0 Å². The lowest BCUT2D eigenvalue weighted by molar-refractivity contribution is -0.150. The number of nitrogens with two attached hydrogens (primary N) is 1. The molecule has 1 rings (SSSR count). The predicted octanol–water partition coefficient (Wildman–Crippen LogP) is 1.80. The SMILES string of the molecule is COC(=O)C(N)(CF)C1CCCCCC1. The van der Waals surface area contributed by atoms with Crippen LogP contribution in [0.15, 0.2) is 0 Å². The van der Waals surface area contributed by atoms with Crippen molar-refractivity contribution >= 4 is 5.97 Å². The van der Waals surface area contributed by atoms with Gasteiger partial charge in [-0.1, -0.05) is 25.7 Å². The van der Waals surface area contributed by atoms with Gasteiger partial charge in [0.2, 0.25) is 0 Å². The van der Waals surface area contributed by atoms with Crippen molar-refractivity contribution in [3.63, 3.8) is 0 Å². The van der Waals surface area contributed by atoms with Gasteiger partial charge in [-0.25, -0.2) is 9.18 Å². The lowest BCUT2D eigenvalue weighted by atomic mass is 9.80. The van der Waals surface area contributed by atoms with E-state index in [-0.39, 0.29) is 5.92 Å². The van der Waals surface area contributed by atoms with E-state index in [1.54, 1.807) is 0 Å². The summed E-state index contributed by atoms with van der Waals surface area (Å²) in [7, 11) is 1.26. The smallest absolute Gasteiger partial charge is 0.328 e. The Morgan fingerprint density at radius 3 is 2.33 bits per heavy atom. The van der Waals surface area contributed by atoms with Crippen LogP contribution in [-0.4, -0.2) is 25.3 Å². The van der Waals surface area contributed by atoms with Crippen molar-refractivity contribution in [3.8, 4) is 0 Å². The normalized spacial score (nSPS) is 22.9. The third-order valence-corrected chi connectivity index (χ3v) is 3.37. The van der Waals surface area contributed by atoms with Gasteiger partial charge < -0.3 is 10.5 Å². The van der Waals surface area contributed by atoms with E-state index in [4.69, 9.17) is 5.73 Å². The highest BCUT2D eigenvalue weighted by molar-refractivity contribution is 5.81. The van der Waals surface area contributed by atoms with Crippen LogP contribution >= 0.6 is 0 Å². The summed E-state index contributed by atoms with van der Waals surface area (Å²) in [5.41, 5.74) is 4.43. The molecule has 0 aliphatic heterocycles. The first-order chi connectivity index (χ1) is 7.15. The molecule has 0 aromatic rings. The number of ether oxygens (including phenoxy) is 1. The van der Waals surface area contributed by atoms with E-state index in [9.17, 15) is 9.18 Å². The molecule has 2 N–H and O–H groups in total. The number of hydrogen-bond donors (Lipinski definition) is 1. The first kappa shape index (κ1) is 12.4. The van der Waals surface area contributed by atoms with E-state index < -0.39 is 18.2 Å². The van der Waals surface area contributed by atoms with Crippen LogP contribution in [0.3, 0.4) is 0 Å². The Kier molecular flexibility index (Phi) is 4.51. The van der Waals surface area contributed by atoms with E-state index in [0.29, 0.717) is 0 Å². The van der Waals surface area contributed by atoms with Crippen LogP contribution in [0.1, 0.15) is 38.5 Å². The average molecular weight is 217 g/mol. The van der Waals surface area contributed by atoms with Crippen LogP contribution in [0.25, 0.3) is 0 Å². The molecule has 0 amide bonds. The first-order valence-corrected chi connectivity index (χ1v) is 5.58. The second-order valence-corrected chi connectivity index (χ2v) is 4.35. The molecule has 0 bridgehead atoms. The summed E-state index contributed by atoms with van der Waals surface area (Å²) in [5.74, 6) is -0.686. The van der Waals surface area contributed by atoms with Gasteiger partial charge >= 0.3 is 5.97 Å². The van der Waals surface area contributed by atoms with Crippen LogP contribution in [0.4, 0.5) is 4.39 Å². The number of alkyl halides is 1. The Hall–Kier alpha value is -0.640. The van der Waals surface area contributed by atoms with Gasteiger partial charge in [-0.2, -0.15) is 0 Å². The van der Waals surface area contributed by atoms with Crippen molar-refractivity contribution < 1.29 is 13.9 Å². The second-order valence-electron chi connectivity index (χ2n) is 4.35. The van der Waals surface area contributed by atoms with Crippen LogP contribution in [0.5, 0.6) is 0 Å². The highest BCUT2D eigenvalue weighted by Crippen LogP contribution is 2.31. The summed E-state index contributed by atoms with van der Waals surface area (Å²) in [4.78, 5) is 11.5. The Balaban J connectivity index is 2.73. The highest BCUT2D eigenvalue weighted by atomic mass is 19.1. The monoisotopic (exact) mass is 217 g/mol. The van der Waals surface area contributed by atoms with E-state index in [1.807, 2.05) is 0 Å². The Morgan fingerprint density at radius 1 is 1.40 bits per heavy atom. The summed E-state index contributed by atoms with van der Waals surface area (Å²) in [6.07, 6.45) is 6.02. The maximum absolute atomic E-state index is 13.0. The van der Waals surface area contributed by atoms with Crippen molar-refractivity contribution in [2.75, 3.05) is 13.8 Å². The molecular weight excluding hydrogens is 197 g/mol. The summed E-state index contributed by atoms with van der Waals surface area (Å²) in [5, 5.41) is 0. The number of carbonyl (C=O) groups excluding carboxylic acids is 1. The largest absolute Gasteiger partial charge is 0.468 e. The van der Waals surface area contributed by atoms with Gasteiger partial charge in [0.25, 0.3) is 0 Å². The Bertz CT molecular complexity index is 215. The van der Waals surface area contributed by atoms with Crippen LogP contribution in [0, 0.1) is 5.92 Å². The minimum Gasteiger partial charge on any atom is -0.468 e. The molecule has 3 nitrogen and oxygen atoms in total. The Labute approximate surface area is 90.2 Å². The van der Waals surface area contributed by atoms with Crippen molar-refractivity contribution in [1.29, 1.82) is 0 Å². The molecule has 0 heterocycles. The molecule has 1 unspecified atom stereocenters. The van der Waals surface area contributed by atoms with Gasteiger partial charge in [0.15, 0.2) is 0 Å². The molecule has 4 heteroatoms. The minimum atomic E-state index is -1.42. The van der Waals surface area contributed by atoms with Crippen molar-refractivity contribution in [2.24, 2.45) is 11.7 Å². The maximum atomic E-state index is 13.0. The fourth-order valence-electron chi connectivity index (χ4n) is 2.31. The zero-order chi connectivity index (χ0) is 11.3. The van der Waals surface area contributed by atoms with E-state index in [1.165, 1.54) is 7.11 Å². The summed E-state index contributed by atoms with van der Waals surface area (Å²) < 4.78 is 17.6. The van der Waals surface area contributed by atoms with Gasteiger partial charge in [-0.3, -0.25) is 0 Å². The topological polar surface area (TPSA) is 52.3 Å². The number of halogens is 1. The molecule has 0 aromatic carbocycles. The molecule has 1 aliphatic carbocycles. The van der Waals surface area contributed by atoms with Gasteiger partial charge in [0.1, 0.15) is 12.2 Å². The first-order valence-electron chi connectivity index (χ1n) is 5.58. The molecule has 1 aliphatic rings. The molecule has 0 aromatic heterocycles. The standard InChI is InChI=1S/C11H20FNO2/c1-15-10(14)11(13,8-12)9-6-4-2-3-5-7-9/h9H,2-8,13H2,1H3. The molecule has 1 fully saturated rings. The maximum Gasteiger partial charge on any atom is 0.328 e. The predicted molar refractivity (Wildman–Crippen MR) is 56.1 cm³/mol. The van der Waals surface area contributed by atoms with Crippen LogP contribution in [-0.2, 0) is 9.53 Å². The number of hydrogen-bond acceptors (Lipinski definition) is 3. The molecule has 1 saturated carbocycles.